The van der Waals surface area contributed by atoms with E-state index in [2.05, 4.69) is 15.0 Å². The van der Waals surface area contributed by atoms with Crippen molar-refractivity contribution in [3.05, 3.63) is 85.6 Å². The predicted octanol–water partition coefficient (Wildman–Crippen LogP) is 3.56. The normalized spacial score (nSPS) is 13.8. The Hall–Kier alpha value is -5.80. The average molecular weight is 553 g/mol. The monoisotopic (exact) mass is 553 g/mol. The standard InChI is InChI=1S/C24H19N5O11/c1-3-38-19-10-13(9-17(29(35)36)21(19)40-20-7-4-14(11-25-20)28(33)34)8-16-22(30)27(24(32)26-16)12-15-5-6-18(39-15)23(31)37-2/h4-11H,3,12H2,1-2H3,(H,26,32)/b16-8-. The summed E-state index contributed by atoms with van der Waals surface area (Å²) < 4.78 is 20.9. The molecule has 1 saturated heterocycles. The van der Waals surface area contributed by atoms with Crippen molar-refractivity contribution in [1.82, 2.24) is 15.2 Å². The molecule has 0 unspecified atom stereocenters. The smallest absolute Gasteiger partial charge is 0.373 e. The Morgan fingerprint density at radius 3 is 2.55 bits per heavy atom. The molecular formula is C24H19N5O11. The fraction of sp³-hybridized carbons (Fsp3) is 0.167. The van der Waals surface area contributed by atoms with Gasteiger partial charge in [-0.3, -0.25) is 29.9 Å². The number of urea groups is 1. The van der Waals surface area contributed by atoms with Gasteiger partial charge in [-0.15, -0.1) is 0 Å². The highest BCUT2D eigenvalue weighted by Gasteiger charge is 2.35. The van der Waals surface area contributed by atoms with Gasteiger partial charge in [0.15, 0.2) is 5.75 Å². The molecule has 3 heterocycles. The molecule has 0 aliphatic carbocycles. The van der Waals surface area contributed by atoms with E-state index in [0.717, 1.165) is 23.2 Å². The minimum atomic E-state index is -0.781. The van der Waals surface area contributed by atoms with Crippen LogP contribution in [0.5, 0.6) is 17.4 Å². The van der Waals surface area contributed by atoms with Crippen LogP contribution in [-0.4, -0.2) is 51.4 Å². The van der Waals surface area contributed by atoms with Crippen LogP contribution in [0, 0.1) is 20.2 Å². The van der Waals surface area contributed by atoms with Crippen LogP contribution >= 0.6 is 0 Å². The molecule has 1 aliphatic rings. The second kappa shape index (κ2) is 11.3. The van der Waals surface area contributed by atoms with Gasteiger partial charge in [-0.2, -0.15) is 0 Å². The Balaban J connectivity index is 1.63. The SMILES string of the molecule is CCOc1cc(/C=C2\NC(=O)N(Cc3ccc(C(=O)OC)o3)C2=O)cc([N+](=O)[O-])c1Oc1ccc([N+](=O)[O-])cn1. The molecule has 206 valence electrons. The minimum Gasteiger partial charge on any atom is -0.490 e. The number of nitro benzene ring substituents is 1. The zero-order chi connectivity index (χ0) is 29.0. The number of carbonyl (C=O) groups is 3. The average Bonchev–Trinajstić information content (AvgIpc) is 3.50. The third-order valence-electron chi connectivity index (χ3n) is 5.33. The van der Waals surface area contributed by atoms with Crippen LogP contribution in [0.3, 0.4) is 0 Å². The number of methoxy groups -OCH3 is 1. The van der Waals surface area contributed by atoms with Gasteiger partial charge in [0.1, 0.15) is 17.7 Å². The first-order valence-electron chi connectivity index (χ1n) is 11.4. The van der Waals surface area contributed by atoms with Gasteiger partial charge in [0.25, 0.3) is 11.6 Å². The van der Waals surface area contributed by atoms with Gasteiger partial charge >= 0.3 is 17.7 Å². The Kier molecular flexibility index (Phi) is 7.69. The number of nitrogens with zero attached hydrogens (tertiary/aromatic N) is 4. The van der Waals surface area contributed by atoms with Crippen LogP contribution in [0.15, 0.2) is 52.7 Å². The van der Waals surface area contributed by atoms with E-state index in [9.17, 15) is 34.6 Å². The van der Waals surface area contributed by atoms with Crippen molar-refractivity contribution in [2.24, 2.45) is 0 Å². The molecule has 16 nitrogen and oxygen atoms in total. The lowest BCUT2D eigenvalue weighted by Gasteiger charge is -2.12. The molecule has 1 aromatic carbocycles. The largest absolute Gasteiger partial charge is 0.490 e. The van der Waals surface area contributed by atoms with Crippen molar-refractivity contribution in [2.75, 3.05) is 13.7 Å². The summed E-state index contributed by atoms with van der Waals surface area (Å²) in [6.07, 6.45) is 2.14. The Morgan fingerprint density at radius 2 is 1.93 bits per heavy atom. The molecule has 1 aliphatic heterocycles. The predicted molar refractivity (Wildman–Crippen MR) is 132 cm³/mol. The van der Waals surface area contributed by atoms with E-state index >= 15 is 0 Å². The highest BCUT2D eigenvalue weighted by molar-refractivity contribution is 6.13. The number of pyridine rings is 1. The van der Waals surface area contributed by atoms with E-state index in [1.165, 1.54) is 37.5 Å². The summed E-state index contributed by atoms with van der Waals surface area (Å²) in [5.41, 5.74) is -0.928. The third-order valence-corrected chi connectivity index (χ3v) is 5.33. The van der Waals surface area contributed by atoms with E-state index in [-0.39, 0.29) is 59.0 Å². The topological polar surface area (TPSA) is 206 Å². The second-order valence-corrected chi connectivity index (χ2v) is 7.91. The van der Waals surface area contributed by atoms with Crippen LogP contribution in [-0.2, 0) is 16.1 Å². The maximum absolute atomic E-state index is 12.9. The molecule has 1 fully saturated rings. The van der Waals surface area contributed by atoms with Crippen LogP contribution in [0.1, 0.15) is 28.8 Å². The lowest BCUT2D eigenvalue weighted by molar-refractivity contribution is -0.385. The first-order valence-corrected chi connectivity index (χ1v) is 11.4. The van der Waals surface area contributed by atoms with Crippen LogP contribution in [0.2, 0.25) is 0 Å². The number of hydrogen-bond acceptors (Lipinski definition) is 12. The number of ether oxygens (including phenoxy) is 3. The molecule has 0 radical (unpaired) electrons. The first-order chi connectivity index (χ1) is 19.1. The maximum Gasteiger partial charge on any atom is 0.373 e. The molecule has 2 aromatic heterocycles. The van der Waals surface area contributed by atoms with Crippen molar-refractivity contribution in [1.29, 1.82) is 0 Å². The fourth-order valence-corrected chi connectivity index (χ4v) is 3.55. The number of esters is 1. The van der Waals surface area contributed by atoms with Gasteiger partial charge < -0.3 is 23.9 Å². The number of nitrogens with one attached hydrogen (secondary N) is 1. The van der Waals surface area contributed by atoms with Crippen molar-refractivity contribution in [3.8, 4) is 17.4 Å². The number of furan rings is 1. The fourth-order valence-electron chi connectivity index (χ4n) is 3.55. The zero-order valence-corrected chi connectivity index (χ0v) is 20.8. The van der Waals surface area contributed by atoms with Crippen molar-refractivity contribution in [2.45, 2.75) is 13.5 Å². The molecule has 0 atom stereocenters. The summed E-state index contributed by atoms with van der Waals surface area (Å²) in [6, 6.07) is 6.69. The number of aromatic nitrogens is 1. The Bertz CT molecular complexity index is 1540. The minimum absolute atomic E-state index is 0.0803. The van der Waals surface area contributed by atoms with Gasteiger partial charge in [0, 0.05) is 18.2 Å². The summed E-state index contributed by atoms with van der Waals surface area (Å²) in [5.74, 6) is -2.02. The van der Waals surface area contributed by atoms with Gasteiger partial charge in [-0.05, 0) is 36.8 Å². The summed E-state index contributed by atoms with van der Waals surface area (Å²) in [4.78, 5) is 62.9. The number of rotatable bonds is 10. The molecule has 16 heteroatoms. The number of imide groups is 1. The molecule has 3 aromatic rings. The van der Waals surface area contributed by atoms with E-state index in [1.54, 1.807) is 6.92 Å². The van der Waals surface area contributed by atoms with Gasteiger partial charge in [0.05, 0.1) is 30.1 Å². The molecular weight excluding hydrogens is 534 g/mol. The summed E-state index contributed by atoms with van der Waals surface area (Å²) in [5, 5.41) is 25.1. The highest BCUT2D eigenvalue weighted by Crippen LogP contribution is 2.41. The highest BCUT2D eigenvalue weighted by atomic mass is 16.6. The molecule has 40 heavy (non-hydrogen) atoms. The number of nitro groups is 2. The summed E-state index contributed by atoms with van der Waals surface area (Å²) >= 11 is 0. The molecule has 4 rings (SSSR count). The van der Waals surface area contributed by atoms with E-state index < -0.39 is 33.4 Å². The Labute approximate surface area is 224 Å². The first kappa shape index (κ1) is 27.2. The lowest BCUT2D eigenvalue weighted by Crippen LogP contribution is -2.30. The number of amides is 3. The van der Waals surface area contributed by atoms with Gasteiger partial charge in [-0.25, -0.2) is 14.6 Å². The molecule has 0 saturated carbocycles. The third kappa shape index (κ3) is 5.69. The molecule has 3 amide bonds. The number of benzene rings is 1. The van der Waals surface area contributed by atoms with E-state index in [4.69, 9.17) is 13.9 Å². The Morgan fingerprint density at radius 1 is 1.15 bits per heavy atom. The quantitative estimate of drug-likeness (QED) is 0.126. The van der Waals surface area contributed by atoms with E-state index in [1.807, 2.05) is 0 Å². The number of hydrogen-bond donors (Lipinski definition) is 1. The molecule has 0 spiro atoms. The van der Waals surface area contributed by atoms with Crippen LogP contribution < -0.4 is 14.8 Å². The summed E-state index contributed by atoms with van der Waals surface area (Å²) in [6.45, 7) is 1.42. The van der Waals surface area contributed by atoms with E-state index in [0.29, 0.717) is 0 Å². The zero-order valence-electron chi connectivity index (χ0n) is 20.8. The van der Waals surface area contributed by atoms with Crippen LogP contribution in [0.25, 0.3) is 6.08 Å². The number of carbonyl (C=O) groups excluding carboxylic acids is 3. The molecule has 0 bridgehead atoms. The van der Waals surface area contributed by atoms with Crippen molar-refractivity contribution < 1.29 is 42.9 Å². The second-order valence-electron chi connectivity index (χ2n) is 7.91. The van der Waals surface area contributed by atoms with Crippen LogP contribution in [0.4, 0.5) is 16.2 Å². The van der Waals surface area contributed by atoms with Gasteiger partial charge in [0.2, 0.25) is 17.4 Å². The van der Waals surface area contributed by atoms with Crippen molar-refractivity contribution >= 4 is 35.4 Å². The lowest BCUT2D eigenvalue weighted by atomic mass is 10.1. The maximum atomic E-state index is 12.9. The van der Waals surface area contributed by atoms with Gasteiger partial charge in [-0.1, -0.05) is 0 Å². The summed E-state index contributed by atoms with van der Waals surface area (Å²) in [7, 11) is 1.17. The van der Waals surface area contributed by atoms with Crippen molar-refractivity contribution in [3.63, 3.8) is 0 Å². The molecule has 1 N–H and O–H groups in total.